The zero-order valence-electron chi connectivity index (χ0n) is 19.8. The standard InChI is InChI=1S/C24H29N5O5S/c1-4-13-28(23(31)18-11-8-12-19(14-18)35(33,34)27-16(2)3)20-21(25)29(24(32)26-22(20)30)15-17-9-6-5-7-10-17/h5-12,14,16,27H,4,13,15,25H2,1-3H3,(H,26,30,32). The summed E-state index contributed by atoms with van der Waals surface area (Å²) >= 11 is 0. The van der Waals surface area contributed by atoms with Gasteiger partial charge in [0.2, 0.25) is 10.0 Å². The largest absolute Gasteiger partial charge is 0.383 e. The number of hydrogen-bond donors (Lipinski definition) is 3. The quantitative estimate of drug-likeness (QED) is 0.410. The van der Waals surface area contributed by atoms with Crippen LogP contribution in [0, 0.1) is 0 Å². The summed E-state index contributed by atoms with van der Waals surface area (Å²) in [5.74, 6) is -0.773. The molecule has 0 aliphatic rings. The topological polar surface area (TPSA) is 147 Å². The molecule has 35 heavy (non-hydrogen) atoms. The molecular formula is C24H29N5O5S. The van der Waals surface area contributed by atoms with Crippen molar-refractivity contribution in [3.05, 3.63) is 86.6 Å². The molecule has 0 aliphatic carbocycles. The van der Waals surface area contributed by atoms with Gasteiger partial charge < -0.3 is 10.6 Å². The second-order valence-electron chi connectivity index (χ2n) is 8.33. The van der Waals surface area contributed by atoms with Gasteiger partial charge in [-0.1, -0.05) is 43.3 Å². The van der Waals surface area contributed by atoms with Crippen LogP contribution in [-0.4, -0.2) is 36.5 Å². The summed E-state index contributed by atoms with van der Waals surface area (Å²) in [5.41, 5.74) is 5.45. The smallest absolute Gasteiger partial charge is 0.330 e. The van der Waals surface area contributed by atoms with Crippen LogP contribution < -0.4 is 26.6 Å². The van der Waals surface area contributed by atoms with Gasteiger partial charge in [-0.15, -0.1) is 0 Å². The molecule has 3 aromatic rings. The van der Waals surface area contributed by atoms with Gasteiger partial charge in [0, 0.05) is 18.2 Å². The van der Waals surface area contributed by atoms with Crippen molar-refractivity contribution >= 4 is 27.4 Å². The van der Waals surface area contributed by atoms with Crippen molar-refractivity contribution in [2.24, 2.45) is 0 Å². The lowest BCUT2D eigenvalue weighted by Gasteiger charge is -2.24. The minimum absolute atomic E-state index is 0.0599. The Bertz CT molecular complexity index is 1430. The molecule has 0 unspecified atom stereocenters. The molecule has 0 radical (unpaired) electrons. The number of nitrogen functional groups attached to an aromatic ring is 1. The van der Waals surface area contributed by atoms with Crippen LogP contribution in [0.2, 0.25) is 0 Å². The van der Waals surface area contributed by atoms with Gasteiger partial charge in [-0.2, -0.15) is 0 Å². The average Bonchev–Trinajstić information content (AvgIpc) is 2.80. The predicted molar refractivity (Wildman–Crippen MR) is 135 cm³/mol. The molecule has 1 amide bonds. The van der Waals surface area contributed by atoms with Crippen molar-refractivity contribution in [3.63, 3.8) is 0 Å². The molecule has 1 heterocycles. The van der Waals surface area contributed by atoms with E-state index in [1.165, 1.54) is 33.7 Å². The Morgan fingerprint density at radius 1 is 1.11 bits per heavy atom. The van der Waals surface area contributed by atoms with E-state index in [4.69, 9.17) is 5.73 Å². The van der Waals surface area contributed by atoms with Gasteiger partial charge in [0.15, 0.2) is 5.69 Å². The van der Waals surface area contributed by atoms with Gasteiger partial charge in [0.05, 0.1) is 11.4 Å². The maximum atomic E-state index is 13.5. The number of rotatable bonds is 9. The van der Waals surface area contributed by atoms with Gasteiger partial charge in [-0.3, -0.25) is 19.1 Å². The van der Waals surface area contributed by atoms with E-state index in [1.807, 2.05) is 37.3 Å². The minimum atomic E-state index is -3.84. The van der Waals surface area contributed by atoms with E-state index >= 15 is 0 Å². The average molecular weight is 500 g/mol. The Kier molecular flexibility index (Phi) is 7.92. The lowest BCUT2D eigenvalue weighted by Crippen LogP contribution is -2.41. The minimum Gasteiger partial charge on any atom is -0.383 e. The van der Waals surface area contributed by atoms with Gasteiger partial charge in [0.25, 0.3) is 11.5 Å². The van der Waals surface area contributed by atoms with E-state index in [-0.39, 0.29) is 41.1 Å². The van der Waals surface area contributed by atoms with E-state index in [9.17, 15) is 22.8 Å². The number of nitrogens with zero attached hydrogens (tertiary/aromatic N) is 2. The van der Waals surface area contributed by atoms with E-state index in [1.54, 1.807) is 13.8 Å². The van der Waals surface area contributed by atoms with Crippen LogP contribution in [0.25, 0.3) is 0 Å². The molecule has 0 spiro atoms. The number of sulfonamides is 1. The number of amides is 1. The van der Waals surface area contributed by atoms with Gasteiger partial charge in [-0.25, -0.2) is 17.9 Å². The van der Waals surface area contributed by atoms with Crippen molar-refractivity contribution in [1.29, 1.82) is 0 Å². The van der Waals surface area contributed by atoms with E-state index in [2.05, 4.69) is 9.71 Å². The highest BCUT2D eigenvalue weighted by atomic mass is 32.2. The second kappa shape index (κ2) is 10.7. The van der Waals surface area contributed by atoms with Gasteiger partial charge in [0.1, 0.15) is 5.82 Å². The first kappa shape index (κ1) is 25.9. The lowest BCUT2D eigenvalue weighted by atomic mass is 10.1. The third-order valence-electron chi connectivity index (χ3n) is 5.14. The summed E-state index contributed by atoms with van der Waals surface area (Å²) in [6.45, 7) is 5.41. The second-order valence-corrected chi connectivity index (χ2v) is 10.0. The van der Waals surface area contributed by atoms with Crippen LogP contribution in [0.5, 0.6) is 0 Å². The first-order valence-electron chi connectivity index (χ1n) is 11.2. The SMILES string of the molecule is CCCN(C(=O)c1cccc(S(=O)(=O)NC(C)C)c1)c1c(N)n(Cc2ccccc2)c(=O)[nH]c1=O. The lowest BCUT2D eigenvalue weighted by molar-refractivity contribution is 0.0986. The molecule has 0 atom stereocenters. The number of nitrogens with one attached hydrogen (secondary N) is 2. The van der Waals surface area contributed by atoms with Crippen molar-refractivity contribution < 1.29 is 13.2 Å². The number of aromatic amines is 1. The molecule has 10 nitrogen and oxygen atoms in total. The van der Waals surface area contributed by atoms with Crippen LogP contribution >= 0.6 is 0 Å². The van der Waals surface area contributed by atoms with Gasteiger partial charge in [-0.05, 0) is 44.0 Å². The number of hydrogen-bond acceptors (Lipinski definition) is 6. The molecular weight excluding hydrogens is 470 g/mol. The van der Waals surface area contributed by atoms with Crippen LogP contribution in [0.1, 0.15) is 43.1 Å². The maximum Gasteiger partial charge on any atom is 0.330 e. The molecule has 0 saturated heterocycles. The van der Waals surface area contributed by atoms with Crippen LogP contribution in [-0.2, 0) is 16.6 Å². The summed E-state index contributed by atoms with van der Waals surface area (Å²) in [6.07, 6.45) is 0.481. The van der Waals surface area contributed by atoms with E-state index < -0.39 is 27.2 Å². The number of carbonyl (C=O) groups is 1. The van der Waals surface area contributed by atoms with Crippen molar-refractivity contribution in [3.8, 4) is 0 Å². The fourth-order valence-corrected chi connectivity index (χ4v) is 4.93. The van der Waals surface area contributed by atoms with Crippen LogP contribution in [0.15, 0.2) is 69.1 Å². The third kappa shape index (κ3) is 5.87. The Morgan fingerprint density at radius 2 is 1.80 bits per heavy atom. The highest BCUT2D eigenvalue weighted by Crippen LogP contribution is 2.22. The number of anilines is 2. The number of H-pyrrole nitrogens is 1. The molecule has 4 N–H and O–H groups in total. The number of nitrogens with two attached hydrogens (primary N) is 1. The fraction of sp³-hybridized carbons (Fsp3) is 0.292. The molecule has 2 aromatic carbocycles. The Balaban J connectivity index is 2.08. The zero-order chi connectivity index (χ0) is 25.8. The predicted octanol–water partition coefficient (Wildman–Crippen LogP) is 1.91. The number of aromatic nitrogens is 2. The molecule has 3 rings (SSSR count). The molecule has 11 heteroatoms. The normalized spacial score (nSPS) is 11.5. The van der Waals surface area contributed by atoms with E-state index in [0.717, 1.165) is 5.56 Å². The first-order valence-corrected chi connectivity index (χ1v) is 12.6. The Labute approximate surface area is 203 Å². The monoisotopic (exact) mass is 499 g/mol. The summed E-state index contributed by atoms with van der Waals surface area (Å²) in [7, 11) is -3.84. The highest BCUT2D eigenvalue weighted by Gasteiger charge is 2.26. The third-order valence-corrected chi connectivity index (χ3v) is 6.80. The molecule has 186 valence electrons. The molecule has 0 saturated carbocycles. The summed E-state index contributed by atoms with van der Waals surface area (Å²) in [5, 5.41) is 0. The molecule has 1 aromatic heterocycles. The van der Waals surface area contributed by atoms with Gasteiger partial charge >= 0.3 is 5.69 Å². The summed E-state index contributed by atoms with van der Waals surface area (Å²) in [4.78, 5) is 42.2. The Morgan fingerprint density at radius 3 is 2.43 bits per heavy atom. The van der Waals surface area contributed by atoms with Crippen molar-refractivity contribution in [2.75, 3.05) is 17.2 Å². The van der Waals surface area contributed by atoms with Crippen LogP contribution in [0.4, 0.5) is 11.5 Å². The number of benzene rings is 2. The Hall–Kier alpha value is -3.70. The zero-order valence-corrected chi connectivity index (χ0v) is 20.6. The fourth-order valence-electron chi connectivity index (χ4n) is 3.63. The molecule has 0 aliphatic heterocycles. The first-order chi connectivity index (χ1) is 16.5. The molecule has 0 fully saturated rings. The van der Waals surface area contributed by atoms with Crippen molar-refractivity contribution in [2.45, 2.75) is 44.7 Å². The van der Waals surface area contributed by atoms with Crippen LogP contribution in [0.3, 0.4) is 0 Å². The number of carbonyl (C=O) groups excluding carboxylic acids is 1. The summed E-state index contributed by atoms with van der Waals surface area (Å²) < 4.78 is 28.9. The van der Waals surface area contributed by atoms with E-state index in [0.29, 0.717) is 6.42 Å². The summed E-state index contributed by atoms with van der Waals surface area (Å²) in [6, 6.07) is 14.3. The maximum absolute atomic E-state index is 13.5. The molecule has 0 bridgehead atoms. The highest BCUT2D eigenvalue weighted by molar-refractivity contribution is 7.89. The van der Waals surface area contributed by atoms with Crippen molar-refractivity contribution in [1.82, 2.24) is 14.3 Å².